The Morgan fingerprint density at radius 3 is 2.60 bits per heavy atom. The lowest BCUT2D eigenvalue weighted by atomic mass is 10.2. The zero-order chi connectivity index (χ0) is 15.1. The van der Waals surface area contributed by atoms with Crippen molar-refractivity contribution in [2.24, 2.45) is 0 Å². The molecule has 3 amide bonds. The lowest BCUT2D eigenvalue weighted by molar-refractivity contribution is -0.143. The number of carbonyl (C=O) groups excluding carboxylic acids is 2. The van der Waals surface area contributed by atoms with Crippen LogP contribution in [0.2, 0.25) is 5.02 Å². The summed E-state index contributed by atoms with van der Waals surface area (Å²) in [5.41, 5.74) is 1.29. The maximum atomic E-state index is 11.5. The molecule has 0 atom stereocenters. The smallest absolute Gasteiger partial charge is 0.329 e. The molecule has 0 aromatic heterocycles. The average Bonchev–Trinajstić information content (AvgIpc) is 2.32. The number of benzene rings is 1. The fourth-order valence-electron chi connectivity index (χ4n) is 1.27. The highest BCUT2D eigenvalue weighted by Gasteiger charge is 2.10. The van der Waals surface area contributed by atoms with Gasteiger partial charge in [-0.1, -0.05) is 17.7 Å². The van der Waals surface area contributed by atoms with E-state index in [4.69, 9.17) is 16.7 Å². The van der Waals surface area contributed by atoms with Gasteiger partial charge in [0.1, 0.15) is 13.2 Å². The van der Waals surface area contributed by atoms with Gasteiger partial charge in [-0.3, -0.25) is 10.1 Å². The van der Waals surface area contributed by atoms with Gasteiger partial charge in [0.2, 0.25) is 0 Å². The van der Waals surface area contributed by atoms with Gasteiger partial charge in [0.05, 0.1) is 10.7 Å². The number of carboxylic acid groups (broad SMARTS) is 1. The number of rotatable bonds is 5. The molecule has 1 aromatic rings. The molecule has 0 unspecified atom stereocenters. The van der Waals surface area contributed by atoms with Gasteiger partial charge in [-0.25, -0.2) is 9.59 Å². The van der Waals surface area contributed by atoms with E-state index in [1.165, 1.54) is 0 Å². The molecular formula is C12H13ClN2O5. The molecular weight excluding hydrogens is 288 g/mol. The first-order valence-corrected chi connectivity index (χ1v) is 5.93. The highest BCUT2D eigenvalue weighted by Crippen LogP contribution is 2.22. The number of aryl methyl sites for hydroxylation is 1. The Kier molecular flexibility index (Phi) is 5.95. The second-order valence-electron chi connectivity index (χ2n) is 3.87. The summed E-state index contributed by atoms with van der Waals surface area (Å²) >= 11 is 5.91. The minimum atomic E-state index is -1.20. The van der Waals surface area contributed by atoms with E-state index in [-0.39, 0.29) is 0 Å². The van der Waals surface area contributed by atoms with E-state index >= 15 is 0 Å². The number of carboxylic acids is 1. The molecule has 0 fully saturated rings. The lowest BCUT2D eigenvalue weighted by Crippen LogP contribution is -2.37. The van der Waals surface area contributed by atoms with E-state index in [1.807, 2.05) is 12.2 Å². The van der Waals surface area contributed by atoms with Crippen LogP contribution in [0, 0.1) is 6.92 Å². The SMILES string of the molecule is Cc1ccc(NC(=O)NC(=O)COCC(=O)O)c(Cl)c1. The van der Waals surface area contributed by atoms with Crippen molar-refractivity contribution in [3.05, 3.63) is 28.8 Å². The summed E-state index contributed by atoms with van der Waals surface area (Å²) in [6, 6.07) is 4.23. The van der Waals surface area contributed by atoms with Gasteiger partial charge >= 0.3 is 12.0 Å². The molecule has 0 saturated heterocycles. The molecule has 1 rings (SSSR count). The number of carbonyl (C=O) groups is 3. The summed E-state index contributed by atoms with van der Waals surface area (Å²) in [6.07, 6.45) is 0. The third-order valence-electron chi connectivity index (χ3n) is 2.08. The first kappa shape index (κ1) is 15.9. The normalized spacial score (nSPS) is 9.90. The van der Waals surface area contributed by atoms with Crippen molar-refractivity contribution >= 4 is 35.2 Å². The van der Waals surface area contributed by atoms with Crippen molar-refractivity contribution in [3.63, 3.8) is 0 Å². The van der Waals surface area contributed by atoms with Gasteiger partial charge in [-0.15, -0.1) is 0 Å². The van der Waals surface area contributed by atoms with E-state index in [2.05, 4.69) is 10.1 Å². The predicted octanol–water partition coefficient (Wildman–Crippen LogP) is 1.40. The van der Waals surface area contributed by atoms with Gasteiger partial charge in [-0.05, 0) is 24.6 Å². The van der Waals surface area contributed by atoms with Gasteiger partial charge in [0.25, 0.3) is 5.91 Å². The van der Waals surface area contributed by atoms with Crippen LogP contribution in [-0.2, 0) is 14.3 Å². The summed E-state index contributed by atoms with van der Waals surface area (Å²) in [6.45, 7) is 0.708. The van der Waals surface area contributed by atoms with E-state index in [9.17, 15) is 14.4 Å². The standard InChI is InChI=1S/C12H13ClN2O5/c1-7-2-3-9(8(13)4-7)14-12(19)15-10(16)5-20-6-11(17)18/h2-4H,5-6H2,1H3,(H,17,18)(H2,14,15,16,19). The van der Waals surface area contributed by atoms with Crippen LogP contribution in [0.25, 0.3) is 0 Å². The third-order valence-corrected chi connectivity index (χ3v) is 2.40. The summed E-state index contributed by atoms with van der Waals surface area (Å²) in [7, 11) is 0. The number of aliphatic carboxylic acids is 1. The number of hydrogen-bond acceptors (Lipinski definition) is 4. The van der Waals surface area contributed by atoms with E-state index < -0.39 is 31.1 Å². The number of hydrogen-bond donors (Lipinski definition) is 3. The monoisotopic (exact) mass is 300 g/mol. The first-order valence-electron chi connectivity index (χ1n) is 5.55. The first-order chi connectivity index (χ1) is 9.38. The molecule has 7 nitrogen and oxygen atoms in total. The minimum Gasteiger partial charge on any atom is -0.480 e. The second kappa shape index (κ2) is 7.46. The summed E-state index contributed by atoms with van der Waals surface area (Å²) in [5, 5.41) is 13.0. The van der Waals surface area contributed by atoms with Crippen LogP contribution in [0.15, 0.2) is 18.2 Å². The third kappa shape index (κ3) is 5.68. The molecule has 0 bridgehead atoms. The number of halogens is 1. The van der Waals surface area contributed by atoms with Crippen LogP contribution < -0.4 is 10.6 Å². The van der Waals surface area contributed by atoms with Crippen molar-refractivity contribution < 1.29 is 24.2 Å². The van der Waals surface area contributed by atoms with Gasteiger partial charge in [0.15, 0.2) is 0 Å². The van der Waals surface area contributed by atoms with Crippen LogP contribution in [0.5, 0.6) is 0 Å². The molecule has 1 aromatic carbocycles. The molecule has 108 valence electrons. The van der Waals surface area contributed by atoms with Crippen LogP contribution in [0.3, 0.4) is 0 Å². The van der Waals surface area contributed by atoms with Crippen LogP contribution in [0.4, 0.5) is 10.5 Å². The second-order valence-corrected chi connectivity index (χ2v) is 4.28. The molecule has 0 aliphatic rings. The maximum Gasteiger partial charge on any atom is 0.329 e. The topological polar surface area (TPSA) is 105 Å². The highest BCUT2D eigenvalue weighted by molar-refractivity contribution is 6.33. The summed E-state index contributed by atoms with van der Waals surface area (Å²) in [4.78, 5) is 32.9. The van der Waals surface area contributed by atoms with Crippen LogP contribution in [-0.4, -0.2) is 36.2 Å². The Bertz CT molecular complexity index is 533. The number of amides is 3. The number of anilines is 1. The Morgan fingerprint density at radius 2 is 2.00 bits per heavy atom. The quantitative estimate of drug-likeness (QED) is 0.762. The number of urea groups is 1. The molecule has 0 radical (unpaired) electrons. The highest BCUT2D eigenvalue weighted by atomic mass is 35.5. The van der Waals surface area contributed by atoms with Crippen molar-refractivity contribution in [1.29, 1.82) is 0 Å². The summed E-state index contributed by atoms with van der Waals surface area (Å²) < 4.78 is 4.53. The van der Waals surface area contributed by atoms with Crippen molar-refractivity contribution in [3.8, 4) is 0 Å². The largest absolute Gasteiger partial charge is 0.480 e. The van der Waals surface area contributed by atoms with E-state index in [0.717, 1.165) is 5.56 Å². The zero-order valence-corrected chi connectivity index (χ0v) is 11.4. The van der Waals surface area contributed by atoms with E-state index in [0.29, 0.717) is 10.7 Å². The molecule has 0 saturated carbocycles. The lowest BCUT2D eigenvalue weighted by Gasteiger charge is -2.08. The minimum absolute atomic E-state index is 0.342. The Labute approximate surface area is 119 Å². The van der Waals surface area contributed by atoms with Crippen molar-refractivity contribution in [1.82, 2.24) is 5.32 Å². The van der Waals surface area contributed by atoms with Crippen LogP contribution >= 0.6 is 11.6 Å². The molecule has 3 N–H and O–H groups in total. The Hall–Kier alpha value is -2.12. The summed E-state index contributed by atoms with van der Waals surface area (Å²) in [5.74, 6) is -1.96. The molecule has 0 spiro atoms. The predicted molar refractivity (Wildman–Crippen MR) is 71.8 cm³/mol. The zero-order valence-electron chi connectivity index (χ0n) is 10.6. The maximum absolute atomic E-state index is 11.5. The fraction of sp³-hybridized carbons (Fsp3) is 0.250. The van der Waals surface area contributed by atoms with Gasteiger partial charge < -0.3 is 15.2 Å². The van der Waals surface area contributed by atoms with Crippen molar-refractivity contribution in [2.75, 3.05) is 18.5 Å². The van der Waals surface area contributed by atoms with Crippen molar-refractivity contribution in [2.45, 2.75) is 6.92 Å². The number of imide groups is 1. The van der Waals surface area contributed by atoms with Gasteiger partial charge in [0, 0.05) is 0 Å². The molecule has 0 aliphatic carbocycles. The molecule has 0 aliphatic heterocycles. The molecule has 20 heavy (non-hydrogen) atoms. The van der Waals surface area contributed by atoms with Gasteiger partial charge in [-0.2, -0.15) is 0 Å². The number of nitrogens with one attached hydrogen (secondary N) is 2. The fourth-order valence-corrected chi connectivity index (χ4v) is 1.55. The Balaban J connectivity index is 2.43. The average molecular weight is 301 g/mol. The molecule has 8 heteroatoms. The van der Waals surface area contributed by atoms with Crippen LogP contribution in [0.1, 0.15) is 5.56 Å². The molecule has 0 heterocycles. The van der Waals surface area contributed by atoms with E-state index in [1.54, 1.807) is 18.2 Å². The number of ether oxygens (including phenoxy) is 1. The Morgan fingerprint density at radius 1 is 1.30 bits per heavy atom.